The molecule has 3 heterocycles. The van der Waals surface area contributed by atoms with Crippen LogP contribution in [0.15, 0.2) is 18.2 Å². The first-order valence-electron chi connectivity index (χ1n) is 8.47. The van der Waals surface area contributed by atoms with Gasteiger partial charge in [-0.15, -0.1) is 8.86 Å². The molecule has 0 atom stereocenters. The fourth-order valence-corrected chi connectivity index (χ4v) is 4.06. The Labute approximate surface area is 135 Å². The van der Waals surface area contributed by atoms with E-state index in [4.69, 9.17) is 0 Å². The van der Waals surface area contributed by atoms with Gasteiger partial charge in [-0.3, -0.25) is 9.80 Å². The van der Waals surface area contributed by atoms with Gasteiger partial charge in [0.2, 0.25) is 0 Å². The number of likely N-dealkylation sites (tertiary alicyclic amines) is 1. The average molecular weight is 316 g/mol. The van der Waals surface area contributed by atoms with Crippen LogP contribution in [-0.4, -0.2) is 67.1 Å². The fraction of sp³-hybridized carbons (Fsp3) is 0.588. The molecule has 3 aliphatic heterocycles. The van der Waals surface area contributed by atoms with Gasteiger partial charge in [-0.05, 0) is 36.1 Å². The normalized spacial score (nSPS) is 23.5. The molecule has 3 aliphatic rings. The van der Waals surface area contributed by atoms with Crippen LogP contribution in [0.2, 0.25) is 0 Å². The zero-order valence-electron chi connectivity index (χ0n) is 13.1. The van der Waals surface area contributed by atoms with E-state index in [-0.39, 0.29) is 0 Å². The van der Waals surface area contributed by atoms with Crippen molar-refractivity contribution in [2.45, 2.75) is 18.9 Å². The number of nitrogens with one attached hydrogen (secondary N) is 2. The summed E-state index contributed by atoms with van der Waals surface area (Å²) < 4.78 is 0. The van der Waals surface area contributed by atoms with Crippen molar-refractivity contribution in [1.29, 1.82) is 0 Å². The first-order chi connectivity index (χ1) is 10.8. The second kappa shape index (κ2) is 6.29. The van der Waals surface area contributed by atoms with Crippen LogP contribution in [0, 0.1) is 0 Å². The van der Waals surface area contributed by atoms with Crippen molar-refractivity contribution < 1.29 is 0 Å². The van der Waals surface area contributed by atoms with Crippen LogP contribution in [0.4, 0.5) is 5.69 Å². The molecule has 0 aromatic heterocycles. The number of rotatable bonds is 3. The fourth-order valence-electron chi connectivity index (χ4n) is 3.72. The van der Waals surface area contributed by atoms with Crippen molar-refractivity contribution in [3.63, 3.8) is 0 Å². The van der Waals surface area contributed by atoms with Gasteiger partial charge >= 0.3 is 0 Å². The summed E-state index contributed by atoms with van der Waals surface area (Å²) in [6, 6.07) is 7.55. The van der Waals surface area contributed by atoms with Crippen LogP contribution >= 0.6 is 8.86 Å². The van der Waals surface area contributed by atoms with Gasteiger partial charge in [0, 0.05) is 63.0 Å². The van der Waals surface area contributed by atoms with Crippen molar-refractivity contribution >= 4 is 20.0 Å². The summed E-state index contributed by atoms with van der Waals surface area (Å²) in [6.07, 6.45) is 2.43. The van der Waals surface area contributed by atoms with E-state index in [1.807, 2.05) is 0 Å². The molecule has 0 unspecified atom stereocenters. The molecule has 0 saturated carbocycles. The largest absolute Gasteiger partial charge is 0.385 e. The molecule has 2 fully saturated rings. The molecule has 22 heavy (non-hydrogen) atoms. The molecular weight excluding hydrogens is 291 g/mol. The quantitative estimate of drug-likeness (QED) is 0.822. The Morgan fingerprint density at radius 1 is 1.14 bits per heavy atom. The molecule has 0 radical (unpaired) electrons. The number of fused-ring (bicyclic) bond motifs is 1. The molecule has 0 aliphatic carbocycles. The Balaban J connectivity index is 1.39. The molecular formula is C17H25N4P. The number of benzene rings is 1. The predicted octanol–water partition coefficient (Wildman–Crippen LogP) is 1.25. The van der Waals surface area contributed by atoms with Gasteiger partial charge in [-0.1, -0.05) is 6.07 Å². The summed E-state index contributed by atoms with van der Waals surface area (Å²) in [6.45, 7) is 8.06. The van der Waals surface area contributed by atoms with E-state index in [1.54, 1.807) is 0 Å². The Morgan fingerprint density at radius 2 is 1.95 bits per heavy atom. The molecule has 4 rings (SSSR count). The summed E-state index contributed by atoms with van der Waals surface area (Å²) in [5, 5.41) is 6.92. The van der Waals surface area contributed by atoms with Crippen molar-refractivity contribution in [2.75, 3.05) is 51.1 Å². The van der Waals surface area contributed by atoms with Gasteiger partial charge < -0.3 is 10.6 Å². The molecule has 0 spiro atoms. The van der Waals surface area contributed by atoms with E-state index in [0.717, 1.165) is 38.8 Å². The maximum Gasteiger partial charge on any atom is 0.0448 e. The van der Waals surface area contributed by atoms with Gasteiger partial charge in [-0.25, -0.2) is 0 Å². The molecule has 118 valence electrons. The van der Waals surface area contributed by atoms with Gasteiger partial charge in [0.1, 0.15) is 0 Å². The third kappa shape index (κ3) is 2.81. The standard InChI is InChI=1S/C17H25N4P/c22-17(14-3-4-16-13(10-14)2-1-5-19-16)21-11-15(12-21)20-8-6-18-7-9-20/h3-4,10,15,18-19,22H,1-2,5-9,11-12H2. The van der Waals surface area contributed by atoms with E-state index in [0.29, 0.717) is 0 Å². The third-order valence-electron chi connectivity index (χ3n) is 5.16. The lowest BCUT2D eigenvalue weighted by atomic mass is 9.99. The smallest absolute Gasteiger partial charge is 0.0448 e. The van der Waals surface area contributed by atoms with E-state index in [1.165, 1.54) is 48.2 Å². The van der Waals surface area contributed by atoms with Gasteiger partial charge in [0.25, 0.3) is 0 Å². The maximum atomic E-state index is 3.89. The maximum absolute atomic E-state index is 3.89. The lowest BCUT2D eigenvalue weighted by Crippen LogP contribution is -2.63. The molecule has 1 aromatic carbocycles. The second-order valence-corrected chi connectivity index (χ2v) is 7.07. The third-order valence-corrected chi connectivity index (χ3v) is 5.77. The molecule has 0 amide bonds. The van der Waals surface area contributed by atoms with Gasteiger partial charge in [0.05, 0.1) is 0 Å². The minimum absolute atomic E-state index is 0.729. The molecule has 5 heteroatoms. The second-order valence-electron chi connectivity index (χ2n) is 6.60. The highest BCUT2D eigenvalue weighted by molar-refractivity contribution is 7.21. The van der Waals surface area contributed by atoms with E-state index < -0.39 is 0 Å². The summed E-state index contributed by atoms with van der Waals surface area (Å²) in [5.74, 6) is 0. The van der Waals surface area contributed by atoms with Crippen molar-refractivity contribution in [3.8, 4) is 0 Å². The van der Waals surface area contributed by atoms with Crippen molar-refractivity contribution in [2.24, 2.45) is 0 Å². The molecule has 4 nitrogen and oxygen atoms in total. The van der Waals surface area contributed by atoms with E-state index >= 15 is 0 Å². The highest BCUT2D eigenvalue weighted by Crippen LogP contribution is 2.26. The van der Waals surface area contributed by atoms with Crippen LogP contribution in [0.25, 0.3) is 0 Å². The first-order valence-corrected chi connectivity index (χ1v) is 8.97. The minimum Gasteiger partial charge on any atom is -0.385 e. The number of nitrogens with zero attached hydrogens (tertiary/aromatic N) is 2. The Bertz CT molecular complexity index is 562. The Morgan fingerprint density at radius 3 is 2.77 bits per heavy atom. The molecule has 2 N–H and O–H groups in total. The zero-order chi connectivity index (χ0) is 14.9. The van der Waals surface area contributed by atoms with Crippen LogP contribution < -0.4 is 10.6 Å². The van der Waals surface area contributed by atoms with Crippen molar-refractivity contribution in [3.05, 3.63) is 29.3 Å². The minimum atomic E-state index is 0.729. The summed E-state index contributed by atoms with van der Waals surface area (Å²) >= 11 is 0. The van der Waals surface area contributed by atoms with E-state index in [2.05, 4.69) is 47.5 Å². The van der Waals surface area contributed by atoms with Crippen molar-refractivity contribution in [1.82, 2.24) is 15.1 Å². The highest BCUT2D eigenvalue weighted by atomic mass is 31.0. The number of anilines is 1. The summed E-state index contributed by atoms with van der Waals surface area (Å²) in [4.78, 5) is 5.09. The molecule has 2 saturated heterocycles. The Hall–Kier alpha value is -0.930. The number of hydrogen-bond acceptors (Lipinski definition) is 3. The van der Waals surface area contributed by atoms with Crippen LogP contribution in [0.1, 0.15) is 17.5 Å². The number of aryl methyl sites for hydroxylation is 1. The summed E-state index contributed by atoms with van der Waals surface area (Å²) in [7, 11) is 3.89. The topological polar surface area (TPSA) is 30.5 Å². The van der Waals surface area contributed by atoms with Crippen LogP contribution in [0.5, 0.6) is 0 Å². The van der Waals surface area contributed by atoms with Crippen LogP contribution in [0.3, 0.4) is 0 Å². The van der Waals surface area contributed by atoms with Crippen LogP contribution in [-0.2, 0) is 6.42 Å². The molecule has 1 aromatic rings. The lowest BCUT2D eigenvalue weighted by Gasteiger charge is -2.47. The van der Waals surface area contributed by atoms with Gasteiger partial charge in [-0.2, -0.15) is 0 Å². The summed E-state index contributed by atoms with van der Waals surface area (Å²) in [5.41, 5.74) is 5.34. The Kier molecular flexibility index (Phi) is 4.19. The SMILES string of the molecule is P=C(c1ccc2c(c1)CCCN2)N1CC(N2CCNCC2)C1. The first kappa shape index (κ1) is 14.6. The zero-order valence-corrected chi connectivity index (χ0v) is 14.1. The number of hydrogen-bond donors (Lipinski definition) is 2. The molecule has 0 bridgehead atoms. The predicted molar refractivity (Wildman–Crippen MR) is 95.5 cm³/mol. The lowest BCUT2D eigenvalue weighted by molar-refractivity contribution is 0.0718. The van der Waals surface area contributed by atoms with Gasteiger partial charge in [0.15, 0.2) is 0 Å². The monoisotopic (exact) mass is 316 g/mol. The number of piperazine rings is 1. The average Bonchev–Trinajstić information content (AvgIpc) is 2.54. The highest BCUT2D eigenvalue weighted by Gasteiger charge is 2.34. The van der Waals surface area contributed by atoms with E-state index in [9.17, 15) is 0 Å².